The fourth-order valence-corrected chi connectivity index (χ4v) is 2.95. The lowest BCUT2D eigenvalue weighted by Crippen LogP contribution is -2.48. The Labute approximate surface area is 140 Å². The van der Waals surface area contributed by atoms with E-state index in [9.17, 15) is 9.90 Å². The molecular formula is C17H32N4O2. The Bertz CT molecular complexity index is 423. The van der Waals surface area contributed by atoms with Crippen LogP contribution in [0.5, 0.6) is 0 Å². The summed E-state index contributed by atoms with van der Waals surface area (Å²) < 4.78 is 0. The molecule has 0 bridgehead atoms. The van der Waals surface area contributed by atoms with Gasteiger partial charge in [-0.1, -0.05) is 0 Å². The van der Waals surface area contributed by atoms with Crippen LogP contribution in [-0.2, 0) is 4.79 Å². The van der Waals surface area contributed by atoms with E-state index >= 15 is 0 Å². The summed E-state index contributed by atoms with van der Waals surface area (Å²) in [6.45, 7) is 9.34. The van der Waals surface area contributed by atoms with Gasteiger partial charge in [0.1, 0.15) is 5.54 Å². The predicted molar refractivity (Wildman–Crippen MR) is 90.8 cm³/mol. The highest BCUT2D eigenvalue weighted by Crippen LogP contribution is 2.18. The van der Waals surface area contributed by atoms with E-state index in [1.807, 2.05) is 14.0 Å². The average molecular weight is 324 g/mol. The molecule has 1 saturated heterocycles. The van der Waals surface area contributed by atoms with Crippen LogP contribution in [0.1, 0.15) is 33.6 Å². The Balaban J connectivity index is 2.36. The molecule has 132 valence electrons. The molecular weight excluding hydrogens is 292 g/mol. The summed E-state index contributed by atoms with van der Waals surface area (Å²) in [5, 5.41) is 18.6. The van der Waals surface area contributed by atoms with Gasteiger partial charge in [0.2, 0.25) is 5.91 Å². The van der Waals surface area contributed by atoms with Gasteiger partial charge in [-0.15, -0.1) is 0 Å². The van der Waals surface area contributed by atoms with E-state index in [1.54, 1.807) is 20.9 Å². The van der Waals surface area contributed by atoms with Crippen molar-refractivity contribution in [2.45, 2.75) is 45.3 Å². The number of carbonyl (C=O) groups is 1. The zero-order valence-electron chi connectivity index (χ0n) is 15.2. The summed E-state index contributed by atoms with van der Waals surface area (Å²) in [4.78, 5) is 18.2. The van der Waals surface area contributed by atoms with Gasteiger partial charge in [0.05, 0.1) is 18.7 Å². The molecule has 0 saturated carbocycles. The third-order valence-corrected chi connectivity index (χ3v) is 4.69. The second kappa shape index (κ2) is 8.62. The second-order valence-corrected chi connectivity index (χ2v) is 7.41. The van der Waals surface area contributed by atoms with Crippen molar-refractivity contribution >= 4 is 5.91 Å². The van der Waals surface area contributed by atoms with Gasteiger partial charge < -0.3 is 14.9 Å². The smallest absolute Gasteiger partial charge is 0.237 e. The van der Waals surface area contributed by atoms with Crippen molar-refractivity contribution in [1.82, 2.24) is 14.7 Å². The molecule has 1 N–H and O–H groups in total. The number of likely N-dealkylation sites (tertiary alicyclic amines) is 1. The standard InChI is InChI=1S/C17H32N4O2/c1-14(22)10-21-8-6-15(7-9-21)11-19(4)12-16(23)20(5)17(2,3)13-18/h14-15,22H,6-12H2,1-5H3/t14-/m0/s1. The van der Waals surface area contributed by atoms with Crippen molar-refractivity contribution in [3.05, 3.63) is 0 Å². The molecule has 1 rings (SSSR count). The second-order valence-electron chi connectivity index (χ2n) is 7.41. The Morgan fingerprint density at radius 2 is 1.96 bits per heavy atom. The number of amides is 1. The maximum Gasteiger partial charge on any atom is 0.237 e. The van der Waals surface area contributed by atoms with Crippen LogP contribution in [-0.4, -0.2) is 84.2 Å². The van der Waals surface area contributed by atoms with Crippen LogP contribution in [0.15, 0.2) is 0 Å². The first-order valence-electron chi connectivity index (χ1n) is 8.42. The van der Waals surface area contributed by atoms with Gasteiger partial charge in [-0.05, 0) is 59.7 Å². The summed E-state index contributed by atoms with van der Waals surface area (Å²) in [5.74, 6) is 0.568. The number of nitrogens with zero attached hydrogens (tertiary/aromatic N) is 4. The molecule has 23 heavy (non-hydrogen) atoms. The number of β-amino-alcohol motifs (C(OH)–C–C–N with tert-alkyl or cyclic N) is 1. The highest BCUT2D eigenvalue weighted by atomic mass is 16.3. The fourth-order valence-electron chi connectivity index (χ4n) is 2.95. The molecule has 0 aliphatic carbocycles. The SMILES string of the molecule is C[C@H](O)CN1CCC(CN(C)CC(=O)N(C)C(C)(C)C#N)CC1. The van der Waals surface area contributed by atoms with E-state index in [0.717, 1.165) is 39.0 Å². The number of hydrogen-bond donors (Lipinski definition) is 1. The number of likely N-dealkylation sites (N-methyl/N-ethyl adjacent to an activating group) is 2. The van der Waals surface area contributed by atoms with E-state index in [0.29, 0.717) is 12.5 Å². The third-order valence-electron chi connectivity index (χ3n) is 4.69. The summed E-state index contributed by atoms with van der Waals surface area (Å²) >= 11 is 0. The van der Waals surface area contributed by atoms with E-state index in [2.05, 4.69) is 15.9 Å². The van der Waals surface area contributed by atoms with Crippen LogP contribution in [0, 0.1) is 17.2 Å². The lowest BCUT2D eigenvalue weighted by Gasteiger charge is -2.35. The van der Waals surface area contributed by atoms with E-state index < -0.39 is 5.54 Å². The molecule has 6 nitrogen and oxygen atoms in total. The van der Waals surface area contributed by atoms with Gasteiger partial charge in [0.15, 0.2) is 0 Å². The van der Waals surface area contributed by atoms with Crippen molar-refractivity contribution < 1.29 is 9.90 Å². The molecule has 0 spiro atoms. The van der Waals surface area contributed by atoms with Gasteiger partial charge in [-0.2, -0.15) is 5.26 Å². The van der Waals surface area contributed by atoms with Gasteiger partial charge in [-0.25, -0.2) is 0 Å². The molecule has 0 aromatic rings. The highest BCUT2D eigenvalue weighted by Gasteiger charge is 2.28. The Kier molecular flexibility index (Phi) is 7.46. The van der Waals surface area contributed by atoms with Crippen molar-refractivity contribution in [2.75, 3.05) is 46.8 Å². The van der Waals surface area contributed by atoms with E-state index in [4.69, 9.17) is 5.26 Å². The van der Waals surface area contributed by atoms with E-state index in [1.165, 1.54) is 4.90 Å². The third kappa shape index (κ3) is 6.46. The molecule has 1 atom stereocenters. The molecule has 0 aromatic carbocycles. The quantitative estimate of drug-likeness (QED) is 0.749. The number of nitriles is 1. The van der Waals surface area contributed by atoms with Gasteiger partial charge >= 0.3 is 0 Å². The highest BCUT2D eigenvalue weighted by molar-refractivity contribution is 5.79. The molecule has 1 aliphatic rings. The lowest BCUT2D eigenvalue weighted by molar-refractivity contribution is -0.134. The van der Waals surface area contributed by atoms with Crippen LogP contribution >= 0.6 is 0 Å². The minimum atomic E-state index is -0.774. The predicted octanol–water partition coefficient (Wildman–Crippen LogP) is 0.772. The zero-order valence-corrected chi connectivity index (χ0v) is 15.2. The normalized spacial score (nSPS) is 18.7. The first-order valence-corrected chi connectivity index (χ1v) is 8.42. The van der Waals surface area contributed by atoms with Crippen LogP contribution < -0.4 is 0 Å². The molecule has 0 aromatic heterocycles. The van der Waals surface area contributed by atoms with Crippen LogP contribution in [0.3, 0.4) is 0 Å². The van der Waals surface area contributed by atoms with Crippen LogP contribution in [0.25, 0.3) is 0 Å². The average Bonchev–Trinajstić information content (AvgIpc) is 2.47. The summed E-state index contributed by atoms with van der Waals surface area (Å²) in [7, 11) is 3.65. The number of hydrogen-bond acceptors (Lipinski definition) is 5. The van der Waals surface area contributed by atoms with Gasteiger partial charge in [0.25, 0.3) is 0 Å². The molecule has 1 amide bonds. The van der Waals surface area contributed by atoms with Crippen LogP contribution in [0.2, 0.25) is 0 Å². The molecule has 1 fully saturated rings. The molecule has 0 unspecified atom stereocenters. The number of piperidine rings is 1. The van der Waals surface area contributed by atoms with Crippen molar-refractivity contribution in [1.29, 1.82) is 5.26 Å². The Hall–Kier alpha value is -1.16. The monoisotopic (exact) mass is 324 g/mol. The number of aliphatic hydroxyl groups excluding tert-OH is 1. The first-order chi connectivity index (χ1) is 10.7. The largest absolute Gasteiger partial charge is 0.392 e. The van der Waals surface area contributed by atoms with Crippen molar-refractivity contribution in [3.8, 4) is 6.07 Å². The van der Waals surface area contributed by atoms with Crippen molar-refractivity contribution in [3.63, 3.8) is 0 Å². The zero-order chi connectivity index (χ0) is 17.6. The molecule has 1 heterocycles. The van der Waals surface area contributed by atoms with Crippen LogP contribution in [0.4, 0.5) is 0 Å². The van der Waals surface area contributed by atoms with E-state index in [-0.39, 0.29) is 12.0 Å². The molecule has 0 radical (unpaired) electrons. The fraction of sp³-hybridized carbons (Fsp3) is 0.882. The summed E-state index contributed by atoms with van der Waals surface area (Å²) in [6.07, 6.45) is 1.93. The Morgan fingerprint density at radius 3 is 2.43 bits per heavy atom. The molecule has 1 aliphatic heterocycles. The number of rotatable bonds is 7. The molecule has 6 heteroatoms. The summed E-state index contributed by atoms with van der Waals surface area (Å²) in [6, 6.07) is 2.16. The minimum absolute atomic E-state index is 0.0226. The van der Waals surface area contributed by atoms with Crippen molar-refractivity contribution in [2.24, 2.45) is 5.92 Å². The number of carbonyl (C=O) groups excluding carboxylic acids is 1. The first kappa shape index (κ1) is 19.9. The lowest BCUT2D eigenvalue weighted by atomic mass is 9.96. The van der Waals surface area contributed by atoms with Gasteiger partial charge in [0, 0.05) is 20.1 Å². The topological polar surface area (TPSA) is 70.8 Å². The van der Waals surface area contributed by atoms with Gasteiger partial charge in [-0.3, -0.25) is 9.69 Å². The minimum Gasteiger partial charge on any atom is -0.392 e. The maximum atomic E-state index is 12.3. The Morgan fingerprint density at radius 1 is 1.39 bits per heavy atom. The maximum absolute atomic E-state index is 12.3. The number of aliphatic hydroxyl groups is 1. The summed E-state index contributed by atoms with van der Waals surface area (Å²) in [5.41, 5.74) is -0.774.